The van der Waals surface area contributed by atoms with E-state index in [1.165, 1.54) is 21.1 Å². The topological polar surface area (TPSA) is 88.4 Å². The molecule has 1 saturated heterocycles. The maximum absolute atomic E-state index is 12.8. The Kier molecular flexibility index (Phi) is 5.80. The Bertz CT molecular complexity index is 1160. The summed E-state index contributed by atoms with van der Waals surface area (Å²) in [6, 6.07) is 9.28. The molecule has 1 aliphatic rings. The molecular weight excluding hydrogens is 422 g/mol. The predicted molar refractivity (Wildman–Crippen MR) is 116 cm³/mol. The van der Waals surface area contributed by atoms with Gasteiger partial charge in [0.05, 0.1) is 6.20 Å². The van der Waals surface area contributed by atoms with Gasteiger partial charge in [0.2, 0.25) is 10.0 Å². The molecule has 3 aromatic rings. The van der Waals surface area contributed by atoms with Crippen molar-refractivity contribution in [3.63, 3.8) is 0 Å². The Hall–Kier alpha value is -2.82. The van der Waals surface area contributed by atoms with Crippen molar-refractivity contribution in [2.45, 2.75) is 0 Å². The second kappa shape index (κ2) is 8.50. The summed E-state index contributed by atoms with van der Waals surface area (Å²) in [5, 5.41) is 7.81. The number of carbonyl (C=O) groups is 1. The van der Waals surface area contributed by atoms with Crippen LogP contribution in [-0.2, 0) is 17.1 Å². The molecule has 30 heavy (non-hydrogen) atoms. The number of aryl methyl sites for hydroxylation is 1. The number of benzene rings is 1. The fraction of sp³-hybridized carbons (Fsp3) is 0.250. The van der Waals surface area contributed by atoms with Crippen LogP contribution in [0.4, 0.5) is 0 Å². The van der Waals surface area contributed by atoms with Gasteiger partial charge in [0.1, 0.15) is 10.7 Å². The molecule has 0 aliphatic carbocycles. The highest BCUT2D eigenvalue weighted by Gasteiger charge is 2.28. The van der Waals surface area contributed by atoms with Crippen LogP contribution in [0.15, 0.2) is 53.5 Å². The second-order valence-electron chi connectivity index (χ2n) is 6.89. The van der Waals surface area contributed by atoms with Gasteiger partial charge in [0, 0.05) is 55.8 Å². The van der Waals surface area contributed by atoms with Gasteiger partial charge >= 0.3 is 0 Å². The lowest BCUT2D eigenvalue weighted by atomic mass is 10.2. The third-order valence-electron chi connectivity index (χ3n) is 4.79. The molecule has 4 rings (SSSR count). The molecule has 8 nitrogen and oxygen atoms in total. The van der Waals surface area contributed by atoms with E-state index in [4.69, 9.17) is 0 Å². The molecule has 3 heterocycles. The summed E-state index contributed by atoms with van der Waals surface area (Å²) in [6.45, 7) is 1.17. The first-order valence-corrected chi connectivity index (χ1v) is 11.8. The van der Waals surface area contributed by atoms with Crippen LogP contribution < -0.4 is 0 Å². The molecule has 10 heteroatoms. The van der Waals surface area contributed by atoms with Crippen molar-refractivity contribution in [3.8, 4) is 10.6 Å². The van der Waals surface area contributed by atoms with E-state index >= 15 is 0 Å². The lowest BCUT2D eigenvalue weighted by Gasteiger charge is -2.33. The molecule has 0 radical (unpaired) electrons. The van der Waals surface area contributed by atoms with Gasteiger partial charge in [-0.1, -0.05) is 30.3 Å². The summed E-state index contributed by atoms with van der Waals surface area (Å²) in [5.74, 6) is -0.182. The Morgan fingerprint density at radius 2 is 1.87 bits per heavy atom. The average molecular weight is 444 g/mol. The number of sulfonamides is 1. The third-order valence-corrected chi connectivity index (χ3v) is 7.25. The summed E-state index contributed by atoms with van der Waals surface area (Å²) >= 11 is 1.39. The van der Waals surface area contributed by atoms with E-state index in [2.05, 4.69) is 10.1 Å². The number of aromatic nitrogens is 3. The van der Waals surface area contributed by atoms with Crippen LogP contribution in [0.1, 0.15) is 16.1 Å². The second-order valence-corrected chi connectivity index (χ2v) is 9.57. The zero-order chi connectivity index (χ0) is 21.1. The van der Waals surface area contributed by atoms with Crippen molar-refractivity contribution in [1.29, 1.82) is 0 Å². The zero-order valence-corrected chi connectivity index (χ0v) is 18.0. The molecule has 0 spiro atoms. The van der Waals surface area contributed by atoms with E-state index in [0.29, 0.717) is 18.8 Å². The number of thiazole rings is 1. The molecule has 0 N–H and O–H groups in total. The van der Waals surface area contributed by atoms with Crippen molar-refractivity contribution in [2.75, 3.05) is 26.2 Å². The number of hydrogen-bond donors (Lipinski definition) is 0. The van der Waals surface area contributed by atoms with Gasteiger partial charge in [0.25, 0.3) is 5.91 Å². The quantitative estimate of drug-likeness (QED) is 0.604. The minimum absolute atomic E-state index is 0.182. The largest absolute Gasteiger partial charge is 0.335 e. The normalized spacial score (nSPS) is 15.7. The molecule has 0 bridgehead atoms. The smallest absolute Gasteiger partial charge is 0.273 e. The first kappa shape index (κ1) is 20.5. The van der Waals surface area contributed by atoms with E-state index in [1.54, 1.807) is 27.2 Å². The Morgan fingerprint density at radius 1 is 1.13 bits per heavy atom. The highest BCUT2D eigenvalue weighted by Crippen LogP contribution is 2.24. The van der Waals surface area contributed by atoms with Gasteiger partial charge < -0.3 is 4.90 Å². The van der Waals surface area contributed by atoms with Gasteiger partial charge in [-0.15, -0.1) is 11.3 Å². The van der Waals surface area contributed by atoms with Gasteiger partial charge in [0.15, 0.2) is 0 Å². The van der Waals surface area contributed by atoms with Crippen LogP contribution in [-0.4, -0.2) is 64.5 Å². The summed E-state index contributed by atoms with van der Waals surface area (Å²) in [6.07, 6.45) is 5.14. The predicted octanol–water partition coefficient (Wildman–Crippen LogP) is 2.30. The number of nitrogens with zero attached hydrogens (tertiary/aromatic N) is 5. The molecule has 2 aromatic heterocycles. The van der Waals surface area contributed by atoms with Crippen LogP contribution in [0.25, 0.3) is 16.6 Å². The minimum Gasteiger partial charge on any atom is -0.335 e. The van der Waals surface area contributed by atoms with E-state index in [-0.39, 0.29) is 19.0 Å². The minimum atomic E-state index is -3.53. The standard InChI is InChI=1S/C20H21N5O3S2/c1-23-14-17(13-21-23)19-22-18(15-29-19)20(26)24-8-10-25(11-9-24)30(27,28)12-7-16-5-3-2-4-6-16/h2-7,12-15H,8-11H2,1H3/b12-7+. The van der Waals surface area contributed by atoms with Gasteiger partial charge in [-0.25, -0.2) is 13.4 Å². The molecule has 0 saturated carbocycles. The van der Waals surface area contributed by atoms with Crippen molar-refractivity contribution in [3.05, 3.63) is 64.8 Å². The lowest BCUT2D eigenvalue weighted by molar-refractivity contribution is 0.0693. The van der Waals surface area contributed by atoms with Crippen molar-refractivity contribution < 1.29 is 13.2 Å². The Morgan fingerprint density at radius 3 is 2.53 bits per heavy atom. The lowest BCUT2D eigenvalue weighted by Crippen LogP contribution is -2.50. The number of carbonyl (C=O) groups excluding carboxylic acids is 1. The number of rotatable bonds is 5. The first-order chi connectivity index (χ1) is 14.4. The molecule has 1 amide bonds. The Labute approximate surface area is 179 Å². The SMILES string of the molecule is Cn1cc(-c2nc(C(=O)N3CCN(S(=O)(=O)/C=C/c4ccccc4)CC3)cs2)cn1. The van der Waals surface area contributed by atoms with Crippen molar-refractivity contribution in [2.24, 2.45) is 7.05 Å². The Balaban J connectivity index is 1.38. The van der Waals surface area contributed by atoms with E-state index in [1.807, 2.05) is 43.6 Å². The number of piperazine rings is 1. The fourth-order valence-corrected chi connectivity index (χ4v) is 5.10. The monoisotopic (exact) mass is 443 g/mol. The van der Waals surface area contributed by atoms with Crippen LogP contribution in [0.2, 0.25) is 0 Å². The fourth-order valence-electron chi connectivity index (χ4n) is 3.16. The van der Waals surface area contributed by atoms with Gasteiger partial charge in [-0.3, -0.25) is 9.48 Å². The van der Waals surface area contributed by atoms with Crippen molar-refractivity contribution in [1.82, 2.24) is 24.0 Å². The molecule has 156 valence electrons. The first-order valence-electron chi connectivity index (χ1n) is 9.39. The van der Waals surface area contributed by atoms with Crippen LogP contribution >= 0.6 is 11.3 Å². The van der Waals surface area contributed by atoms with Crippen LogP contribution in [0, 0.1) is 0 Å². The molecule has 0 atom stereocenters. The van der Waals surface area contributed by atoms with Gasteiger partial charge in [-0.05, 0) is 11.6 Å². The summed E-state index contributed by atoms with van der Waals surface area (Å²) in [7, 11) is -1.71. The van der Waals surface area contributed by atoms with E-state index < -0.39 is 10.0 Å². The average Bonchev–Trinajstić information content (AvgIpc) is 3.42. The zero-order valence-electron chi connectivity index (χ0n) is 16.4. The summed E-state index contributed by atoms with van der Waals surface area (Å²) in [5.41, 5.74) is 2.06. The van der Waals surface area contributed by atoms with E-state index in [0.717, 1.165) is 16.1 Å². The maximum Gasteiger partial charge on any atom is 0.273 e. The van der Waals surface area contributed by atoms with Crippen LogP contribution in [0.5, 0.6) is 0 Å². The van der Waals surface area contributed by atoms with Gasteiger partial charge in [-0.2, -0.15) is 9.40 Å². The molecule has 1 aromatic carbocycles. The van der Waals surface area contributed by atoms with E-state index in [9.17, 15) is 13.2 Å². The molecule has 1 aliphatic heterocycles. The number of amides is 1. The maximum atomic E-state index is 12.8. The molecular formula is C20H21N5O3S2. The van der Waals surface area contributed by atoms with Crippen LogP contribution in [0.3, 0.4) is 0 Å². The molecule has 0 unspecified atom stereocenters. The highest BCUT2D eigenvalue weighted by atomic mass is 32.2. The number of hydrogen-bond acceptors (Lipinski definition) is 6. The highest BCUT2D eigenvalue weighted by molar-refractivity contribution is 7.92. The van der Waals surface area contributed by atoms with Crippen molar-refractivity contribution >= 4 is 33.3 Å². The summed E-state index contributed by atoms with van der Waals surface area (Å²) in [4.78, 5) is 18.9. The molecule has 1 fully saturated rings. The third kappa shape index (κ3) is 4.50. The summed E-state index contributed by atoms with van der Waals surface area (Å²) < 4.78 is 28.3.